The van der Waals surface area contributed by atoms with E-state index in [2.05, 4.69) is 0 Å². The second-order valence-electron chi connectivity index (χ2n) is 7.64. The van der Waals surface area contributed by atoms with Gasteiger partial charge < -0.3 is 0 Å². The molecule has 0 radical (unpaired) electrons. The number of hydrogen-bond donors (Lipinski definition) is 0. The predicted molar refractivity (Wildman–Crippen MR) is 99.9 cm³/mol. The van der Waals surface area contributed by atoms with Crippen LogP contribution in [0.15, 0.2) is 30.3 Å². The first-order valence-corrected chi connectivity index (χ1v) is 9.71. The molecule has 1 aliphatic rings. The van der Waals surface area contributed by atoms with E-state index < -0.39 is 11.6 Å². The van der Waals surface area contributed by atoms with Gasteiger partial charge in [0.15, 0.2) is 11.6 Å². The van der Waals surface area contributed by atoms with E-state index in [1.54, 1.807) is 25.1 Å². The van der Waals surface area contributed by atoms with Gasteiger partial charge in [0.2, 0.25) is 0 Å². The molecule has 0 bridgehead atoms. The second-order valence-corrected chi connectivity index (χ2v) is 7.64. The Morgan fingerprint density at radius 2 is 1.65 bits per heavy atom. The fourth-order valence-corrected chi connectivity index (χ4v) is 4.12. The van der Waals surface area contributed by atoms with Crippen LogP contribution in [-0.2, 0) is 12.8 Å². The molecule has 0 aromatic heterocycles. The molecule has 3 rings (SSSR count). The van der Waals surface area contributed by atoms with E-state index in [1.807, 2.05) is 19.1 Å². The quantitative estimate of drug-likeness (QED) is 0.545. The third-order valence-electron chi connectivity index (χ3n) is 5.94. The molecular weight excluding hydrogens is 333 g/mol. The van der Waals surface area contributed by atoms with Crippen molar-refractivity contribution >= 4 is 0 Å². The van der Waals surface area contributed by atoms with E-state index in [4.69, 9.17) is 0 Å². The van der Waals surface area contributed by atoms with Gasteiger partial charge in [0.05, 0.1) is 0 Å². The smallest absolute Gasteiger partial charge is 0.162 e. The van der Waals surface area contributed by atoms with Gasteiger partial charge in [-0.1, -0.05) is 31.2 Å². The molecule has 0 atom stereocenters. The summed E-state index contributed by atoms with van der Waals surface area (Å²) in [5.41, 5.74) is 2.69. The van der Waals surface area contributed by atoms with Gasteiger partial charge in [0, 0.05) is 0 Å². The number of rotatable bonds is 5. The van der Waals surface area contributed by atoms with E-state index in [0.717, 1.165) is 49.7 Å². The first kappa shape index (κ1) is 19.0. The van der Waals surface area contributed by atoms with Crippen molar-refractivity contribution < 1.29 is 13.2 Å². The van der Waals surface area contributed by atoms with Crippen molar-refractivity contribution in [1.29, 1.82) is 0 Å². The highest BCUT2D eigenvalue weighted by molar-refractivity contribution is 5.28. The molecule has 140 valence electrons. The zero-order valence-corrected chi connectivity index (χ0v) is 15.6. The predicted octanol–water partition coefficient (Wildman–Crippen LogP) is 6.88. The van der Waals surface area contributed by atoms with Crippen LogP contribution in [-0.4, -0.2) is 0 Å². The van der Waals surface area contributed by atoms with Crippen molar-refractivity contribution in [3.8, 4) is 0 Å². The average Bonchev–Trinajstić information content (AvgIpc) is 2.66. The number of benzene rings is 2. The Hall–Kier alpha value is -1.77. The Labute approximate surface area is 154 Å². The molecule has 0 N–H and O–H groups in total. The summed E-state index contributed by atoms with van der Waals surface area (Å²) in [7, 11) is 0. The Bertz CT molecular complexity index is 758. The van der Waals surface area contributed by atoms with Gasteiger partial charge >= 0.3 is 0 Å². The highest BCUT2D eigenvalue weighted by Gasteiger charge is 2.24. The maximum absolute atomic E-state index is 14.3. The third-order valence-corrected chi connectivity index (χ3v) is 5.94. The number of hydrogen-bond acceptors (Lipinski definition) is 0. The van der Waals surface area contributed by atoms with Gasteiger partial charge in [-0.25, -0.2) is 13.2 Å². The molecule has 1 saturated carbocycles. The van der Waals surface area contributed by atoms with Gasteiger partial charge in [-0.2, -0.15) is 0 Å². The standard InChI is InChI=1S/C23H27F3/c1-3-16-8-13-20(21(24)14-16)18-10-5-17(6-11-18)7-12-19-9-4-15(2)22(25)23(19)26/h4,8-9,13-14,17-18H,3,5-7,10-12H2,1-2H3. The molecule has 0 spiro atoms. The fourth-order valence-electron chi connectivity index (χ4n) is 4.12. The van der Waals surface area contributed by atoms with Crippen LogP contribution in [0.3, 0.4) is 0 Å². The zero-order valence-electron chi connectivity index (χ0n) is 15.6. The minimum atomic E-state index is -0.725. The maximum atomic E-state index is 14.3. The van der Waals surface area contributed by atoms with E-state index in [1.165, 1.54) is 0 Å². The highest BCUT2D eigenvalue weighted by atomic mass is 19.2. The second kappa shape index (κ2) is 8.28. The summed E-state index contributed by atoms with van der Waals surface area (Å²) in [6, 6.07) is 8.98. The normalized spacial score (nSPS) is 20.3. The zero-order chi connectivity index (χ0) is 18.7. The summed E-state index contributed by atoms with van der Waals surface area (Å²) in [5.74, 6) is -0.710. The van der Waals surface area contributed by atoms with Gasteiger partial charge in [0.1, 0.15) is 5.82 Å². The van der Waals surface area contributed by atoms with E-state index >= 15 is 0 Å². The monoisotopic (exact) mass is 360 g/mol. The van der Waals surface area contributed by atoms with Gasteiger partial charge in [0.25, 0.3) is 0 Å². The molecule has 2 aromatic carbocycles. The summed E-state index contributed by atoms with van der Waals surface area (Å²) >= 11 is 0. The molecule has 0 saturated heterocycles. The molecule has 1 aliphatic carbocycles. The summed E-state index contributed by atoms with van der Waals surface area (Å²) in [5, 5.41) is 0. The van der Waals surface area contributed by atoms with Crippen molar-refractivity contribution in [2.24, 2.45) is 5.92 Å². The molecule has 0 aliphatic heterocycles. The third kappa shape index (κ3) is 4.13. The molecule has 3 heteroatoms. The van der Waals surface area contributed by atoms with Crippen molar-refractivity contribution in [1.82, 2.24) is 0 Å². The summed E-state index contributed by atoms with van der Waals surface area (Å²) in [6.45, 7) is 3.61. The van der Waals surface area contributed by atoms with Crippen molar-refractivity contribution in [2.45, 2.75) is 64.7 Å². The molecular formula is C23H27F3. The Morgan fingerprint density at radius 1 is 0.923 bits per heavy atom. The lowest BCUT2D eigenvalue weighted by atomic mass is 9.76. The summed E-state index contributed by atoms with van der Waals surface area (Å²) in [6.07, 6.45) is 6.27. The lowest BCUT2D eigenvalue weighted by Crippen LogP contribution is -2.15. The Balaban J connectivity index is 1.55. The lowest BCUT2D eigenvalue weighted by Gasteiger charge is -2.29. The first-order chi connectivity index (χ1) is 12.5. The fraction of sp³-hybridized carbons (Fsp3) is 0.478. The van der Waals surface area contributed by atoms with Crippen molar-refractivity contribution in [2.75, 3.05) is 0 Å². The van der Waals surface area contributed by atoms with Crippen LogP contribution in [0.25, 0.3) is 0 Å². The Morgan fingerprint density at radius 3 is 2.31 bits per heavy atom. The van der Waals surface area contributed by atoms with E-state index in [-0.39, 0.29) is 11.7 Å². The molecule has 0 heterocycles. The topological polar surface area (TPSA) is 0 Å². The van der Waals surface area contributed by atoms with E-state index in [0.29, 0.717) is 23.5 Å². The minimum absolute atomic E-state index is 0.0787. The lowest BCUT2D eigenvalue weighted by molar-refractivity contribution is 0.305. The molecule has 0 nitrogen and oxygen atoms in total. The average molecular weight is 360 g/mol. The molecule has 26 heavy (non-hydrogen) atoms. The van der Waals surface area contributed by atoms with Crippen molar-refractivity contribution in [3.63, 3.8) is 0 Å². The minimum Gasteiger partial charge on any atom is -0.207 e. The SMILES string of the molecule is CCc1ccc(C2CCC(CCc3ccc(C)c(F)c3F)CC2)c(F)c1. The largest absolute Gasteiger partial charge is 0.207 e. The van der Waals surface area contributed by atoms with Crippen LogP contribution in [0.2, 0.25) is 0 Å². The van der Waals surface area contributed by atoms with Crippen LogP contribution in [0.5, 0.6) is 0 Å². The molecule has 1 fully saturated rings. The summed E-state index contributed by atoms with van der Waals surface area (Å²) in [4.78, 5) is 0. The summed E-state index contributed by atoms with van der Waals surface area (Å²) < 4.78 is 42.0. The van der Waals surface area contributed by atoms with Gasteiger partial charge in [-0.3, -0.25) is 0 Å². The van der Waals surface area contributed by atoms with Gasteiger partial charge in [-0.15, -0.1) is 0 Å². The van der Waals surface area contributed by atoms with E-state index in [9.17, 15) is 13.2 Å². The molecule has 0 unspecified atom stereocenters. The Kier molecular flexibility index (Phi) is 6.05. The van der Waals surface area contributed by atoms with Crippen LogP contribution < -0.4 is 0 Å². The first-order valence-electron chi connectivity index (χ1n) is 9.71. The van der Waals surface area contributed by atoms with Crippen molar-refractivity contribution in [3.05, 3.63) is 70.0 Å². The van der Waals surface area contributed by atoms with Gasteiger partial charge in [-0.05, 0) is 92.0 Å². The van der Waals surface area contributed by atoms with Crippen LogP contribution >= 0.6 is 0 Å². The molecule has 0 amide bonds. The van der Waals surface area contributed by atoms with Crippen LogP contribution in [0, 0.1) is 30.3 Å². The number of aryl methyl sites for hydroxylation is 3. The maximum Gasteiger partial charge on any atom is 0.162 e. The van der Waals surface area contributed by atoms with Crippen LogP contribution in [0.4, 0.5) is 13.2 Å². The van der Waals surface area contributed by atoms with Crippen LogP contribution in [0.1, 0.15) is 67.2 Å². The number of halogens is 3. The highest BCUT2D eigenvalue weighted by Crippen LogP contribution is 2.38. The molecule has 2 aromatic rings.